The molecule has 30 heavy (non-hydrogen) atoms. The van der Waals surface area contributed by atoms with E-state index < -0.39 is 0 Å². The molecule has 2 fully saturated rings. The molecule has 0 radical (unpaired) electrons. The zero-order valence-corrected chi connectivity index (χ0v) is 18.9. The normalized spacial score (nSPS) is 24.2. The quantitative estimate of drug-likeness (QED) is 0.816. The molecule has 0 aromatic carbocycles. The van der Waals surface area contributed by atoms with E-state index in [0.717, 1.165) is 42.9 Å². The molecule has 7 heteroatoms. The topological polar surface area (TPSA) is 75.9 Å². The zero-order valence-electron chi connectivity index (χ0n) is 18.9. The summed E-state index contributed by atoms with van der Waals surface area (Å²) in [5.74, 6) is 2.01. The number of aromatic nitrogens is 4. The summed E-state index contributed by atoms with van der Waals surface area (Å²) in [6, 6.07) is 3.72. The van der Waals surface area contributed by atoms with Crippen LogP contribution in [0.5, 0.6) is 0 Å². The minimum absolute atomic E-state index is 0.0874. The second-order valence-corrected chi connectivity index (χ2v) is 10.4. The number of aryl methyl sites for hydroxylation is 2. The molecule has 3 atom stereocenters. The van der Waals surface area contributed by atoms with Crippen LogP contribution in [0.4, 0.5) is 5.82 Å². The highest BCUT2D eigenvalue weighted by Gasteiger charge is 2.43. The Kier molecular flexibility index (Phi) is 5.66. The summed E-state index contributed by atoms with van der Waals surface area (Å²) >= 11 is 0. The summed E-state index contributed by atoms with van der Waals surface area (Å²) in [7, 11) is 1.89. The maximum atomic E-state index is 12.8. The summed E-state index contributed by atoms with van der Waals surface area (Å²) in [5.41, 5.74) is 3.14. The van der Waals surface area contributed by atoms with Crippen LogP contribution >= 0.6 is 0 Å². The van der Waals surface area contributed by atoms with Gasteiger partial charge in [-0.05, 0) is 67.7 Å². The van der Waals surface area contributed by atoms with Gasteiger partial charge in [-0.2, -0.15) is 5.10 Å². The number of anilines is 1. The molecule has 1 saturated carbocycles. The zero-order chi connectivity index (χ0) is 21.5. The monoisotopic (exact) mass is 410 g/mol. The molecule has 4 rings (SSSR count). The first-order chi connectivity index (χ1) is 14.2. The van der Waals surface area contributed by atoms with E-state index in [4.69, 9.17) is 0 Å². The number of carbonyl (C=O) groups is 1. The number of rotatable bonds is 5. The molecule has 2 aromatic rings. The van der Waals surface area contributed by atoms with Crippen LogP contribution in [0.1, 0.15) is 45.6 Å². The van der Waals surface area contributed by atoms with Gasteiger partial charge >= 0.3 is 0 Å². The number of fused-ring (bicyclic) bond motifs is 1. The first-order valence-corrected chi connectivity index (χ1v) is 11.1. The van der Waals surface area contributed by atoms with Gasteiger partial charge < -0.3 is 10.2 Å². The summed E-state index contributed by atoms with van der Waals surface area (Å²) in [6.07, 6.45) is 5.02. The van der Waals surface area contributed by atoms with Gasteiger partial charge in [0.2, 0.25) is 5.91 Å². The average molecular weight is 411 g/mol. The maximum Gasteiger partial charge on any atom is 0.228 e. The van der Waals surface area contributed by atoms with Crippen molar-refractivity contribution in [2.75, 3.05) is 25.0 Å². The maximum absolute atomic E-state index is 12.8. The van der Waals surface area contributed by atoms with Gasteiger partial charge in [0.05, 0.1) is 11.9 Å². The fourth-order valence-electron chi connectivity index (χ4n) is 4.96. The molecule has 1 aliphatic heterocycles. The molecule has 1 N–H and O–H groups in total. The third-order valence-electron chi connectivity index (χ3n) is 6.66. The summed E-state index contributed by atoms with van der Waals surface area (Å²) in [4.78, 5) is 15.4. The third-order valence-corrected chi connectivity index (χ3v) is 6.66. The lowest BCUT2D eigenvalue weighted by Gasteiger charge is -2.24. The second kappa shape index (κ2) is 8.10. The Balaban J connectivity index is 1.30. The number of hydrogen-bond acceptors (Lipinski definition) is 5. The minimum atomic E-state index is 0.0874. The van der Waals surface area contributed by atoms with Gasteiger partial charge in [-0.15, -0.1) is 10.2 Å². The van der Waals surface area contributed by atoms with Crippen molar-refractivity contribution in [3.8, 4) is 11.4 Å². The molecular weight excluding hydrogens is 376 g/mol. The Hall–Kier alpha value is -2.28. The second-order valence-electron chi connectivity index (χ2n) is 10.4. The van der Waals surface area contributed by atoms with Crippen LogP contribution in [0.25, 0.3) is 11.4 Å². The molecular formula is C23H34N6O. The third kappa shape index (κ3) is 4.56. The van der Waals surface area contributed by atoms with Crippen LogP contribution in [0, 0.1) is 30.1 Å². The van der Waals surface area contributed by atoms with E-state index in [-0.39, 0.29) is 11.8 Å². The van der Waals surface area contributed by atoms with Crippen LogP contribution in [0.2, 0.25) is 0 Å². The summed E-state index contributed by atoms with van der Waals surface area (Å²) in [6.45, 7) is 12.4. The van der Waals surface area contributed by atoms with Crippen LogP contribution < -0.4 is 5.32 Å². The predicted octanol–water partition coefficient (Wildman–Crippen LogP) is 3.52. The molecule has 1 unspecified atom stereocenters. The van der Waals surface area contributed by atoms with Crippen molar-refractivity contribution in [1.82, 2.24) is 24.9 Å². The Morgan fingerprint density at radius 3 is 2.40 bits per heavy atom. The van der Waals surface area contributed by atoms with Gasteiger partial charge in [0, 0.05) is 26.1 Å². The lowest BCUT2D eigenvalue weighted by Crippen LogP contribution is -2.28. The first kappa shape index (κ1) is 21.0. The van der Waals surface area contributed by atoms with Gasteiger partial charge in [-0.25, -0.2) is 0 Å². The largest absolute Gasteiger partial charge is 0.309 e. The highest BCUT2D eigenvalue weighted by atomic mass is 16.2. The number of hydrogen-bond donors (Lipinski definition) is 1. The molecule has 162 valence electrons. The van der Waals surface area contributed by atoms with Crippen LogP contribution in [0.15, 0.2) is 18.3 Å². The molecule has 0 bridgehead atoms. The fraction of sp³-hybridized carbons (Fsp3) is 0.652. The molecule has 2 aromatic heterocycles. The van der Waals surface area contributed by atoms with Gasteiger partial charge in [0.15, 0.2) is 5.82 Å². The molecule has 0 spiro atoms. The van der Waals surface area contributed by atoms with E-state index in [2.05, 4.69) is 46.3 Å². The van der Waals surface area contributed by atoms with Crippen molar-refractivity contribution in [1.29, 1.82) is 0 Å². The number of nitrogens with zero attached hydrogens (tertiary/aromatic N) is 5. The standard InChI is InChI=1S/C23H34N6O/c1-15-12-24-28(5)21(15)19-6-7-20(27-26-19)25-22(30)16-10-17-13-29(14-18(17)11-16)9-8-23(2,3)4/h6-7,12,16-18H,8-11,13-14H2,1-5H3,(H,25,27,30)/t16-,17-,18?/m0/s1. The lowest BCUT2D eigenvalue weighted by molar-refractivity contribution is -0.119. The van der Waals surface area contributed by atoms with E-state index in [9.17, 15) is 4.79 Å². The van der Waals surface area contributed by atoms with Crippen LogP contribution in [-0.2, 0) is 11.8 Å². The predicted molar refractivity (Wildman–Crippen MR) is 118 cm³/mol. The van der Waals surface area contributed by atoms with Gasteiger partial charge in [-0.1, -0.05) is 20.8 Å². The highest BCUT2D eigenvalue weighted by Crippen LogP contribution is 2.42. The molecule has 1 aliphatic carbocycles. The van der Waals surface area contributed by atoms with E-state index in [0.29, 0.717) is 23.1 Å². The van der Waals surface area contributed by atoms with Crippen molar-refractivity contribution in [2.24, 2.45) is 30.2 Å². The van der Waals surface area contributed by atoms with E-state index in [1.807, 2.05) is 32.3 Å². The number of likely N-dealkylation sites (tertiary alicyclic amines) is 1. The van der Waals surface area contributed by atoms with Crippen LogP contribution in [-0.4, -0.2) is 50.4 Å². The van der Waals surface area contributed by atoms with Gasteiger partial charge in [-0.3, -0.25) is 9.48 Å². The lowest BCUT2D eigenvalue weighted by atomic mass is 9.92. The van der Waals surface area contributed by atoms with E-state index >= 15 is 0 Å². The smallest absolute Gasteiger partial charge is 0.228 e. The van der Waals surface area contributed by atoms with Gasteiger partial charge in [0.1, 0.15) is 5.69 Å². The van der Waals surface area contributed by atoms with Crippen LogP contribution in [0.3, 0.4) is 0 Å². The number of amides is 1. The Morgan fingerprint density at radius 1 is 1.17 bits per heavy atom. The van der Waals surface area contributed by atoms with Gasteiger partial charge in [0.25, 0.3) is 0 Å². The van der Waals surface area contributed by atoms with E-state index in [1.165, 1.54) is 13.0 Å². The van der Waals surface area contributed by atoms with Crippen molar-refractivity contribution >= 4 is 11.7 Å². The Labute approximate surface area is 179 Å². The van der Waals surface area contributed by atoms with E-state index in [1.54, 1.807) is 4.68 Å². The van der Waals surface area contributed by atoms with Crippen molar-refractivity contribution in [3.63, 3.8) is 0 Å². The first-order valence-electron chi connectivity index (χ1n) is 11.1. The minimum Gasteiger partial charge on any atom is -0.309 e. The summed E-state index contributed by atoms with van der Waals surface area (Å²) in [5, 5.41) is 15.8. The Morgan fingerprint density at radius 2 is 1.87 bits per heavy atom. The van der Waals surface area contributed by atoms with Crippen molar-refractivity contribution < 1.29 is 4.79 Å². The molecule has 2 aliphatic rings. The SMILES string of the molecule is Cc1cnn(C)c1-c1ccc(NC(=O)[C@@H]2CC3CN(CCC(C)(C)C)C[C@@H]3C2)nn1. The highest BCUT2D eigenvalue weighted by molar-refractivity contribution is 5.91. The average Bonchev–Trinajstić information content (AvgIpc) is 3.33. The summed E-state index contributed by atoms with van der Waals surface area (Å²) < 4.78 is 1.79. The fourth-order valence-corrected chi connectivity index (χ4v) is 4.96. The number of carbonyl (C=O) groups excluding carboxylic acids is 1. The van der Waals surface area contributed by atoms with Crippen molar-refractivity contribution in [3.05, 3.63) is 23.9 Å². The molecule has 3 heterocycles. The molecule has 1 amide bonds. The molecule has 1 saturated heterocycles. The van der Waals surface area contributed by atoms with Crippen molar-refractivity contribution in [2.45, 2.75) is 47.0 Å². The number of nitrogens with one attached hydrogen (secondary N) is 1. The molecule has 7 nitrogen and oxygen atoms in total. The Bertz CT molecular complexity index is 864.